The molecular formula is C13H21N3O. The van der Waals surface area contributed by atoms with Gasteiger partial charge in [0, 0.05) is 19.1 Å². The molecule has 1 aromatic rings. The van der Waals surface area contributed by atoms with Crippen molar-refractivity contribution in [3.63, 3.8) is 0 Å². The molecule has 4 N–H and O–H groups in total. The van der Waals surface area contributed by atoms with Gasteiger partial charge < -0.3 is 16.4 Å². The second-order valence-corrected chi connectivity index (χ2v) is 4.17. The van der Waals surface area contributed by atoms with Crippen LogP contribution in [0.5, 0.6) is 0 Å². The molecule has 0 spiro atoms. The predicted octanol–water partition coefficient (Wildman–Crippen LogP) is 1.27. The van der Waals surface area contributed by atoms with Crippen molar-refractivity contribution >= 4 is 6.03 Å². The Morgan fingerprint density at radius 1 is 1.29 bits per heavy atom. The summed E-state index contributed by atoms with van der Waals surface area (Å²) in [4.78, 5) is 10.4. The molecule has 0 heterocycles. The van der Waals surface area contributed by atoms with Gasteiger partial charge in [-0.15, -0.1) is 0 Å². The molecule has 0 aliphatic rings. The zero-order valence-corrected chi connectivity index (χ0v) is 10.3. The van der Waals surface area contributed by atoms with Crippen LogP contribution >= 0.6 is 0 Å². The number of aryl methyl sites for hydroxylation is 1. The standard InChI is InChI=1S/C13H21N3O/c1-11(15-9-10-16-13(14)17)7-8-12-5-3-2-4-6-12/h2-6,11,15H,7-10H2,1H3,(H3,14,16,17). The fraction of sp³-hybridized carbons (Fsp3) is 0.462. The van der Waals surface area contributed by atoms with Gasteiger partial charge in [-0.1, -0.05) is 30.3 Å². The Balaban J connectivity index is 2.09. The Morgan fingerprint density at radius 2 is 2.00 bits per heavy atom. The summed E-state index contributed by atoms with van der Waals surface area (Å²) in [5, 5.41) is 5.89. The number of carbonyl (C=O) groups excluding carboxylic acids is 1. The maximum absolute atomic E-state index is 10.4. The third kappa shape index (κ3) is 6.58. The Labute approximate surface area is 103 Å². The van der Waals surface area contributed by atoms with Crippen molar-refractivity contribution in [3.05, 3.63) is 35.9 Å². The molecule has 2 amide bonds. The Hall–Kier alpha value is -1.55. The number of benzene rings is 1. The summed E-state index contributed by atoms with van der Waals surface area (Å²) < 4.78 is 0. The second-order valence-electron chi connectivity index (χ2n) is 4.17. The molecule has 0 saturated carbocycles. The van der Waals surface area contributed by atoms with Gasteiger partial charge in [-0.3, -0.25) is 0 Å². The van der Waals surface area contributed by atoms with Gasteiger partial charge in [0.05, 0.1) is 0 Å². The minimum absolute atomic E-state index is 0.435. The maximum atomic E-state index is 10.4. The number of urea groups is 1. The van der Waals surface area contributed by atoms with E-state index >= 15 is 0 Å². The highest BCUT2D eigenvalue weighted by molar-refractivity contribution is 5.71. The quantitative estimate of drug-likeness (QED) is 0.623. The fourth-order valence-corrected chi connectivity index (χ4v) is 1.63. The molecule has 0 aliphatic heterocycles. The largest absolute Gasteiger partial charge is 0.352 e. The maximum Gasteiger partial charge on any atom is 0.312 e. The summed E-state index contributed by atoms with van der Waals surface area (Å²) in [6.45, 7) is 3.47. The van der Waals surface area contributed by atoms with Gasteiger partial charge in [-0.25, -0.2) is 4.79 Å². The molecule has 4 nitrogen and oxygen atoms in total. The second kappa shape index (κ2) is 7.68. The fourth-order valence-electron chi connectivity index (χ4n) is 1.63. The molecule has 4 heteroatoms. The van der Waals surface area contributed by atoms with Crippen LogP contribution in [0.3, 0.4) is 0 Å². The minimum Gasteiger partial charge on any atom is -0.352 e. The van der Waals surface area contributed by atoms with E-state index in [1.165, 1.54) is 5.56 Å². The van der Waals surface area contributed by atoms with Crippen LogP contribution in [0.25, 0.3) is 0 Å². The van der Waals surface area contributed by atoms with E-state index in [0.717, 1.165) is 19.4 Å². The van der Waals surface area contributed by atoms with E-state index < -0.39 is 6.03 Å². The van der Waals surface area contributed by atoms with Crippen molar-refractivity contribution < 1.29 is 4.79 Å². The molecule has 17 heavy (non-hydrogen) atoms. The molecule has 1 rings (SSSR count). The third-order valence-electron chi connectivity index (χ3n) is 2.63. The molecule has 0 aliphatic carbocycles. The number of carbonyl (C=O) groups is 1. The van der Waals surface area contributed by atoms with Crippen molar-refractivity contribution in [2.24, 2.45) is 5.73 Å². The summed E-state index contributed by atoms with van der Waals surface area (Å²) in [5.74, 6) is 0. The molecule has 0 aromatic heterocycles. The van der Waals surface area contributed by atoms with Crippen molar-refractivity contribution in [2.75, 3.05) is 13.1 Å². The highest BCUT2D eigenvalue weighted by Crippen LogP contribution is 2.04. The molecular weight excluding hydrogens is 214 g/mol. The van der Waals surface area contributed by atoms with E-state index in [2.05, 4.69) is 41.8 Å². The molecule has 1 aromatic carbocycles. The van der Waals surface area contributed by atoms with Gasteiger partial charge in [0.25, 0.3) is 0 Å². The minimum atomic E-state index is -0.469. The number of primary amides is 1. The first-order valence-electron chi connectivity index (χ1n) is 5.99. The smallest absolute Gasteiger partial charge is 0.312 e. The van der Waals surface area contributed by atoms with E-state index in [0.29, 0.717) is 12.6 Å². The summed E-state index contributed by atoms with van der Waals surface area (Å²) in [5.41, 5.74) is 6.32. The zero-order valence-electron chi connectivity index (χ0n) is 10.3. The Morgan fingerprint density at radius 3 is 2.65 bits per heavy atom. The molecule has 1 unspecified atom stereocenters. The van der Waals surface area contributed by atoms with Crippen molar-refractivity contribution in [3.8, 4) is 0 Å². The third-order valence-corrected chi connectivity index (χ3v) is 2.63. The summed E-state index contributed by atoms with van der Waals surface area (Å²) in [6.07, 6.45) is 2.15. The van der Waals surface area contributed by atoms with Crippen molar-refractivity contribution in [1.29, 1.82) is 0 Å². The first-order chi connectivity index (χ1) is 8.18. The van der Waals surface area contributed by atoms with Gasteiger partial charge in [-0.05, 0) is 25.3 Å². The zero-order chi connectivity index (χ0) is 12.5. The number of amides is 2. The lowest BCUT2D eigenvalue weighted by Gasteiger charge is -2.13. The summed E-state index contributed by atoms with van der Waals surface area (Å²) >= 11 is 0. The van der Waals surface area contributed by atoms with E-state index in [-0.39, 0.29) is 0 Å². The van der Waals surface area contributed by atoms with Crippen LogP contribution in [0.15, 0.2) is 30.3 Å². The number of hydrogen-bond donors (Lipinski definition) is 3. The monoisotopic (exact) mass is 235 g/mol. The predicted molar refractivity (Wildman–Crippen MR) is 69.8 cm³/mol. The van der Waals surface area contributed by atoms with Gasteiger partial charge in [0.15, 0.2) is 0 Å². The molecule has 0 radical (unpaired) electrons. The SMILES string of the molecule is CC(CCc1ccccc1)NCCNC(N)=O. The van der Waals surface area contributed by atoms with Crippen LogP contribution in [-0.2, 0) is 6.42 Å². The van der Waals surface area contributed by atoms with Gasteiger partial charge in [0.1, 0.15) is 0 Å². The first-order valence-corrected chi connectivity index (χ1v) is 5.99. The Bertz CT molecular complexity index is 327. The van der Waals surface area contributed by atoms with E-state index in [9.17, 15) is 4.79 Å². The van der Waals surface area contributed by atoms with Crippen LogP contribution in [-0.4, -0.2) is 25.2 Å². The number of hydrogen-bond acceptors (Lipinski definition) is 2. The van der Waals surface area contributed by atoms with E-state index in [4.69, 9.17) is 5.73 Å². The lowest BCUT2D eigenvalue weighted by Crippen LogP contribution is -2.38. The summed E-state index contributed by atoms with van der Waals surface area (Å²) in [7, 11) is 0. The highest BCUT2D eigenvalue weighted by atomic mass is 16.2. The molecule has 1 atom stereocenters. The van der Waals surface area contributed by atoms with Crippen LogP contribution in [0.1, 0.15) is 18.9 Å². The van der Waals surface area contributed by atoms with E-state index in [1.54, 1.807) is 0 Å². The normalized spacial score (nSPS) is 12.1. The van der Waals surface area contributed by atoms with Gasteiger partial charge in [-0.2, -0.15) is 0 Å². The average Bonchev–Trinajstić information content (AvgIpc) is 2.33. The lowest BCUT2D eigenvalue weighted by molar-refractivity contribution is 0.249. The summed E-state index contributed by atoms with van der Waals surface area (Å²) in [6, 6.07) is 10.4. The van der Waals surface area contributed by atoms with Gasteiger partial charge >= 0.3 is 6.03 Å². The Kier molecular flexibility index (Phi) is 6.10. The molecule has 0 saturated heterocycles. The van der Waals surface area contributed by atoms with Crippen LogP contribution in [0, 0.1) is 0 Å². The van der Waals surface area contributed by atoms with Crippen LogP contribution < -0.4 is 16.4 Å². The lowest BCUT2D eigenvalue weighted by atomic mass is 10.1. The van der Waals surface area contributed by atoms with Crippen LogP contribution in [0.4, 0.5) is 4.79 Å². The van der Waals surface area contributed by atoms with Crippen molar-refractivity contribution in [1.82, 2.24) is 10.6 Å². The van der Waals surface area contributed by atoms with Gasteiger partial charge in [0.2, 0.25) is 0 Å². The topological polar surface area (TPSA) is 67.2 Å². The van der Waals surface area contributed by atoms with Crippen molar-refractivity contribution in [2.45, 2.75) is 25.8 Å². The molecule has 0 fully saturated rings. The molecule has 94 valence electrons. The number of nitrogens with one attached hydrogen (secondary N) is 2. The van der Waals surface area contributed by atoms with Crippen LogP contribution in [0.2, 0.25) is 0 Å². The highest BCUT2D eigenvalue weighted by Gasteiger charge is 2.01. The average molecular weight is 235 g/mol. The first kappa shape index (κ1) is 13.5. The number of nitrogens with two attached hydrogens (primary N) is 1. The molecule has 0 bridgehead atoms. The van der Waals surface area contributed by atoms with E-state index in [1.807, 2.05) is 6.07 Å². The number of rotatable bonds is 7.